The molecular weight excluding hydrogens is 190 g/mol. The van der Waals surface area contributed by atoms with Crippen LogP contribution >= 0.6 is 0 Å². The summed E-state index contributed by atoms with van der Waals surface area (Å²) in [5.41, 5.74) is 1.97. The average Bonchev–Trinajstić information content (AvgIpc) is 2.21. The van der Waals surface area contributed by atoms with Crippen LogP contribution in [0.15, 0.2) is 33.5 Å². The highest BCUT2D eigenvalue weighted by Crippen LogP contribution is 2.18. The van der Waals surface area contributed by atoms with E-state index in [4.69, 9.17) is 4.42 Å². The highest BCUT2D eigenvalue weighted by molar-refractivity contribution is 5.80. The van der Waals surface area contributed by atoms with Crippen molar-refractivity contribution in [2.45, 2.75) is 13.8 Å². The molecule has 2 rings (SSSR count). The van der Waals surface area contributed by atoms with Gasteiger partial charge in [-0.3, -0.25) is 0 Å². The van der Waals surface area contributed by atoms with Gasteiger partial charge in [-0.15, -0.1) is 0 Å². The zero-order valence-corrected chi connectivity index (χ0v) is 8.83. The lowest BCUT2D eigenvalue weighted by Gasteiger charge is -2.04. The molecule has 3 heteroatoms. The van der Waals surface area contributed by atoms with Gasteiger partial charge in [-0.1, -0.05) is 0 Å². The second-order valence-corrected chi connectivity index (χ2v) is 3.50. The summed E-state index contributed by atoms with van der Waals surface area (Å²) in [4.78, 5) is 11.3. The lowest BCUT2D eigenvalue weighted by molar-refractivity contribution is 0.555. The molecule has 0 atom stereocenters. The molecule has 0 aliphatic carbocycles. The van der Waals surface area contributed by atoms with Gasteiger partial charge in [0.15, 0.2) is 0 Å². The lowest BCUT2D eigenvalue weighted by Crippen LogP contribution is -2.02. The molecule has 0 saturated carbocycles. The fourth-order valence-corrected chi connectivity index (χ4v) is 1.53. The maximum atomic E-state index is 11.3. The molecule has 0 radical (unpaired) electrons. The van der Waals surface area contributed by atoms with Crippen molar-refractivity contribution in [1.82, 2.24) is 0 Å². The van der Waals surface area contributed by atoms with Crippen molar-refractivity contribution in [3.63, 3.8) is 0 Å². The first-order valence-corrected chi connectivity index (χ1v) is 4.99. The molecule has 0 spiro atoms. The van der Waals surface area contributed by atoms with Gasteiger partial charge < -0.3 is 9.73 Å². The summed E-state index contributed by atoms with van der Waals surface area (Å²) < 4.78 is 5.18. The van der Waals surface area contributed by atoms with E-state index < -0.39 is 0 Å². The Morgan fingerprint density at radius 1 is 1.33 bits per heavy atom. The molecular formula is C12H13NO2. The Balaban J connectivity index is 2.61. The van der Waals surface area contributed by atoms with Gasteiger partial charge in [-0.05, 0) is 32.0 Å². The van der Waals surface area contributed by atoms with Crippen LogP contribution in [0.1, 0.15) is 12.5 Å². The molecule has 2 aromatic rings. The van der Waals surface area contributed by atoms with E-state index in [1.807, 2.05) is 31.2 Å². The summed E-state index contributed by atoms with van der Waals surface area (Å²) in [5.74, 6) is 0. The Morgan fingerprint density at radius 2 is 2.13 bits per heavy atom. The topological polar surface area (TPSA) is 42.2 Å². The highest BCUT2D eigenvalue weighted by Gasteiger charge is 2.01. The van der Waals surface area contributed by atoms with Crippen molar-refractivity contribution in [2.75, 3.05) is 11.9 Å². The number of nitrogens with one attached hydrogen (secondary N) is 1. The molecule has 3 nitrogen and oxygen atoms in total. The van der Waals surface area contributed by atoms with E-state index in [0.717, 1.165) is 17.6 Å². The van der Waals surface area contributed by atoms with Crippen LogP contribution in [0.25, 0.3) is 11.0 Å². The number of hydrogen-bond donors (Lipinski definition) is 1. The molecule has 1 N–H and O–H groups in total. The van der Waals surface area contributed by atoms with Crippen molar-refractivity contribution in [3.8, 4) is 0 Å². The third kappa shape index (κ3) is 1.86. The predicted octanol–water partition coefficient (Wildman–Crippen LogP) is 2.53. The molecule has 0 amide bonds. The van der Waals surface area contributed by atoms with Gasteiger partial charge in [-0.2, -0.15) is 0 Å². The number of rotatable bonds is 2. The van der Waals surface area contributed by atoms with Gasteiger partial charge >= 0.3 is 5.63 Å². The third-order valence-electron chi connectivity index (χ3n) is 2.29. The Hall–Kier alpha value is -1.77. The largest absolute Gasteiger partial charge is 0.422 e. The molecule has 1 aromatic heterocycles. The Morgan fingerprint density at radius 3 is 2.87 bits per heavy atom. The second-order valence-electron chi connectivity index (χ2n) is 3.50. The third-order valence-corrected chi connectivity index (χ3v) is 2.29. The number of aryl methyl sites for hydroxylation is 1. The minimum Gasteiger partial charge on any atom is -0.422 e. The van der Waals surface area contributed by atoms with E-state index in [-0.39, 0.29) is 5.63 Å². The van der Waals surface area contributed by atoms with E-state index in [0.29, 0.717) is 11.1 Å². The van der Waals surface area contributed by atoms with Gasteiger partial charge in [0.05, 0.1) is 0 Å². The molecule has 0 fully saturated rings. The van der Waals surface area contributed by atoms with Crippen molar-refractivity contribution < 1.29 is 4.42 Å². The molecule has 0 unspecified atom stereocenters. The maximum absolute atomic E-state index is 11.3. The summed E-state index contributed by atoms with van der Waals surface area (Å²) in [6.45, 7) is 4.63. The average molecular weight is 203 g/mol. The van der Waals surface area contributed by atoms with Gasteiger partial charge in [0.2, 0.25) is 0 Å². The summed E-state index contributed by atoms with van der Waals surface area (Å²) in [5, 5.41) is 4.12. The summed E-state index contributed by atoms with van der Waals surface area (Å²) in [6.07, 6.45) is 0. The van der Waals surface area contributed by atoms with Crippen molar-refractivity contribution in [1.29, 1.82) is 0 Å². The van der Waals surface area contributed by atoms with Gasteiger partial charge in [0, 0.05) is 29.2 Å². The van der Waals surface area contributed by atoms with Crippen LogP contribution < -0.4 is 10.9 Å². The zero-order valence-electron chi connectivity index (χ0n) is 8.83. The standard InChI is InChI=1S/C12H13NO2/c1-3-13-10-5-4-9-6-8(2)12(14)15-11(9)7-10/h4-7,13H,3H2,1-2H3. The predicted molar refractivity (Wildman–Crippen MR) is 61.4 cm³/mol. The molecule has 0 aliphatic heterocycles. The monoisotopic (exact) mass is 203 g/mol. The summed E-state index contributed by atoms with van der Waals surface area (Å²) in [7, 11) is 0. The maximum Gasteiger partial charge on any atom is 0.339 e. The quantitative estimate of drug-likeness (QED) is 0.762. The van der Waals surface area contributed by atoms with E-state index >= 15 is 0 Å². The van der Waals surface area contributed by atoms with Crippen LogP contribution in [-0.4, -0.2) is 6.54 Å². The van der Waals surface area contributed by atoms with Crippen LogP contribution in [0.5, 0.6) is 0 Å². The highest BCUT2D eigenvalue weighted by atomic mass is 16.4. The Kier molecular flexibility index (Phi) is 2.46. The normalized spacial score (nSPS) is 10.5. The van der Waals surface area contributed by atoms with Gasteiger partial charge in [0.25, 0.3) is 0 Å². The molecule has 0 saturated heterocycles. The SMILES string of the molecule is CCNc1ccc2cc(C)c(=O)oc2c1. The van der Waals surface area contributed by atoms with Crippen LogP contribution in [0.3, 0.4) is 0 Å². The first-order chi connectivity index (χ1) is 7.20. The van der Waals surface area contributed by atoms with Crippen molar-refractivity contribution in [2.24, 2.45) is 0 Å². The lowest BCUT2D eigenvalue weighted by atomic mass is 10.2. The first kappa shape index (κ1) is 9.77. The number of fused-ring (bicyclic) bond motifs is 1. The first-order valence-electron chi connectivity index (χ1n) is 4.99. The van der Waals surface area contributed by atoms with E-state index in [2.05, 4.69) is 5.32 Å². The summed E-state index contributed by atoms with van der Waals surface area (Å²) >= 11 is 0. The molecule has 0 bridgehead atoms. The number of anilines is 1. The molecule has 0 aliphatic rings. The second kappa shape index (κ2) is 3.77. The minimum absolute atomic E-state index is 0.267. The van der Waals surface area contributed by atoms with Crippen molar-refractivity contribution in [3.05, 3.63) is 40.2 Å². The summed E-state index contributed by atoms with van der Waals surface area (Å²) in [6, 6.07) is 7.62. The molecule has 78 valence electrons. The molecule has 15 heavy (non-hydrogen) atoms. The minimum atomic E-state index is -0.267. The van der Waals surface area contributed by atoms with Crippen LogP contribution in [0, 0.1) is 6.92 Å². The van der Waals surface area contributed by atoms with Crippen LogP contribution in [0.2, 0.25) is 0 Å². The number of hydrogen-bond acceptors (Lipinski definition) is 3. The van der Waals surface area contributed by atoms with Crippen LogP contribution in [0.4, 0.5) is 5.69 Å². The smallest absolute Gasteiger partial charge is 0.339 e. The van der Waals surface area contributed by atoms with Crippen LogP contribution in [-0.2, 0) is 0 Å². The van der Waals surface area contributed by atoms with Crippen molar-refractivity contribution >= 4 is 16.7 Å². The van der Waals surface area contributed by atoms with E-state index in [1.165, 1.54) is 0 Å². The van der Waals surface area contributed by atoms with E-state index in [9.17, 15) is 4.79 Å². The van der Waals surface area contributed by atoms with E-state index in [1.54, 1.807) is 6.92 Å². The molecule has 1 aromatic carbocycles. The van der Waals surface area contributed by atoms with Gasteiger partial charge in [-0.25, -0.2) is 4.79 Å². The molecule has 1 heterocycles. The Labute approximate surface area is 87.7 Å². The zero-order chi connectivity index (χ0) is 10.8. The number of benzene rings is 1. The fourth-order valence-electron chi connectivity index (χ4n) is 1.53. The Bertz CT molecular complexity index is 543. The fraction of sp³-hybridized carbons (Fsp3) is 0.250. The van der Waals surface area contributed by atoms with Gasteiger partial charge in [0.1, 0.15) is 5.58 Å².